The number of amides is 1. The molecule has 1 aliphatic carbocycles. The van der Waals surface area contributed by atoms with Crippen LogP contribution in [0.1, 0.15) is 28.7 Å². The number of benzene rings is 2. The van der Waals surface area contributed by atoms with Gasteiger partial charge in [-0.3, -0.25) is 9.20 Å². The van der Waals surface area contributed by atoms with Gasteiger partial charge in [-0.05, 0) is 73.2 Å². The summed E-state index contributed by atoms with van der Waals surface area (Å²) in [4.78, 5) is 17.3. The molecule has 2 heterocycles. The van der Waals surface area contributed by atoms with E-state index in [0.717, 1.165) is 40.2 Å². The summed E-state index contributed by atoms with van der Waals surface area (Å²) in [6.45, 7) is 1.91. The summed E-state index contributed by atoms with van der Waals surface area (Å²) in [6.07, 6.45) is 3.41. The third-order valence-electron chi connectivity index (χ3n) is 5.58. The molecule has 0 atom stereocenters. The Morgan fingerprint density at radius 1 is 1.20 bits per heavy atom. The zero-order valence-electron chi connectivity index (χ0n) is 16.6. The Kier molecular flexibility index (Phi) is 4.68. The van der Waals surface area contributed by atoms with Crippen LogP contribution in [-0.4, -0.2) is 21.0 Å². The molecule has 2 aromatic carbocycles. The first kappa shape index (κ1) is 18.7. The Hall–Kier alpha value is -3.30. The van der Waals surface area contributed by atoms with Gasteiger partial charge in [-0.25, -0.2) is 4.98 Å². The molecule has 1 amide bonds. The van der Waals surface area contributed by atoms with Gasteiger partial charge in [0.2, 0.25) is 5.91 Å². The number of aromatic nitrogens is 2. The lowest BCUT2D eigenvalue weighted by atomic mass is 10.1. The Balaban J connectivity index is 1.42. The molecule has 0 saturated carbocycles. The van der Waals surface area contributed by atoms with Gasteiger partial charge in [-0.2, -0.15) is 5.26 Å². The molecule has 6 heteroatoms. The number of hydrogen-bond acceptors (Lipinski definition) is 4. The Morgan fingerprint density at radius 2 is 2.03 bits per heavy atom. The third kappa shape index (κ3) is 3.21. The van der Waals surface area contributed by atoms with Crippen LogP contribution in [0.25, 0.3) is 16.7 Å². The van der Waals surface area contributed by atoms with Crippen LogP contribution < -0.4 is 5.32 Å². The summed E-state index contributed by atoms with van der Waals surface area (Å²) in [6, 6.07) is 18.3. The van der Waals surface area contributed by atoms with Crippen molar-refractivity contribution in [3.63, 3.8) is 0 Å². The number of nitrogens with zero attached hydrogens (tertiary/aromatic N) is 3. The van der Waals surface area contributed by atoms with Crippen LogP contribution >= 0.6 is 11.8 Å². The van der Waals surface area contributed by atoms with Gasteiger partial charge >= 0.3 is 0 Å². The first-order valence-corrected chi connectivity index (χ1v) is 11.0. The highest BCUT2D eigenvalue weighted by atomic mass is 32.2. The highest BCUT2D eigenvalue weighted by Gasteiger charge is 2.17. The van der Waals surface area contributed by atoms with E-state index in [-0.39, 0.29) is 11.7 Å². The number of hydrogen-bond donors (Lipinski definition) is 1. The summed E-state index contributed by atoms with van der Waals surface area (Å²) in [5.74, 6) is 0.238. The molecule has 5 rings (SSSR count). The number of fused-ring (bicyclic) bond motifs is 4. The Labute approximate surface area is 178 Å². The fraction of sp³-hybridized carbons (Fsp3) is 0.208. The van der Waals surface area contributed by atoms with E-state index in [9.17, 15) is 10.1 Å². The van der Waals surface area contributed by atoms with Crippen LogP contribution in [0.15, 0.2) is 53.6 Å². The van der Waals surface area contributed by atoms with Gasteiger partial charge in [-0.15, -0.1) is 0 Å². The molecule has 5 nitrogen and oxygen atoms in total. The summed E-state index contributed by atoms with van der Waals surface area (Å²) in [5.41, 5.74) is 7.44. The van der Waals surface area contributed by atoms with E-state index >= 15 is 0 Å². The van der Waals surface area contributed by atoms with Crippen LogP contribution in [0.3, 0.4) is 0 Å². The fourth-order valence-electron chi connectivity index (χ4n) is 4.15. The van der Waals surface area contributed by atoms with Gasteiger partial charge in [0.1, 0.15) is 6.07 Å². The topological polar surface area (TPSA) is 70.2 Å². The molecule has 148 valence electrons. The van der Waals surface area contributed by atoms with Crippen LogP contribution in [0.2, 0.25) is 0 Å². The molecule has 0 bridgehead atoms. The number of rotatable bonds is 4. The predicted molar refractivity (Wildman–Crippen MR) is 120 cm³/mol. The third-order valence-corrected chi connectivity index (χ3v) is 6.59. The number of aryl methyl sites for hydroxylation is 3. The van der Waals surface area contributed by atoms with Crippen LogP contribution in [0, 0.1) is 18.3 Å². The van der Waals surface area contributed by atoms with Crippen molar-refractivity contribution in [1.29, 1.82) is 5.26 Å². The normalized spacial score (nSPS) is 12.8. The maximum Gasteiger partial charge on any atom is 0.234 e. The smallest absolute Gasteiger partial charge is 0.234 e. The van der Waals surface area contributed by atoms with Crippen molar-refractivity contribution < 1.29 is 4.79 Å². The number of anilines is 1. The number of carbonyl (C=O) groups is 1. The van der Waals surface area contributed by atoms with E-state index < -0.39 is 0 Å². The second-order valence-corrected chi connectivity index (χ2v) is 8.58. The van der Waals surface area contributed by atoms with Crippen molar-refractivity contribution >= 4 is 40.0 Å². The van der Waals surface area contributed by atoms with Gasteiger partial charge < -0.3 is 5.32 Å². The van der Waals surface area contributed by atoms with Gasteiger partial charge in [-0.1, -0.05) is 30.0 Å². The van der Waals surface area contributed by atoms with Crippen molar-refractivity contribution in [2.75, 3.05) is 11.1 Å². The maximum atomic E-state index is 12.6. The van der Waals surface area contributed by atoms with Gasteiger partial charge in [0.15, 0.2) is 5.65 Å². The van der Waals surface area contributed by atoms with Crippen molar-refractivity contribution in [2.24, 2.45) is 0 Å². The second-order valence-electron chi connectivity index (χ2n) is 7.59. The van der Waals surface area contributed by atoms with Gasteiger partial charge in [0.25, 0.3) is 0 Å². The molecule has 0 spiro atoms. The highest BCUT2D eigenvalue weighted by Crippen LogP contribution is 2.30. The average molecular weight is 413 g/mol. The Bertz CT molecular complexity index is 1350. The van der Waals surface area contributed by atoms with Crippen LogP contribution in [-0.2, 0) is 17.6 Å². The maximum absolute atomic E-state index is 12.6. The lowest BCUT2D eigenvalue weighted by Gasteiger charge is -2.11. The van der Waals surface area contributed by atoms with Gasteiger partial charge in [0, 0.05) is 5.69 Å². The highest BCUT2D eigenvalue weighted by molar-refractivity contribution is 7.99. The monoisotopic (exact) mass is 412 g/mol. The summed E-state index contributed by atoms with van der Waals surface area (Å²) >= 11 is 1.46. The lowest BCUT2D eigenvalue weighted by molar-refractivity contribution is -0.113. The number of nitrogens with one attached hydrogen (secondary N) is 1. The van der Waals surface area contributed by atoms with Crippen LogP contribution in [0.4, 0.5) is 5.69 Å². The Morgan fingerprint density at radius 3 is 2.90 bits per heavy atom. The van der Waals surface area contributed by atoms with E-state index in [1.807, 2.05) is 47.7 Å². The molecule has 0 saturated heterocycles. The molecule has 4 aromatic rings. The van der Waals surface area contributed by atoms with Crippen molar-refractivity contribution in [2.45, 2.75) is 31.2 Å². The number of para-hydroxylation sites is 2. The van der Waals surface area contributed by atoms with E-state index in [2.05, 4.69) is 28.5 Å². The first-order valence-electron chi connectivity index (χ1n) is 9.99. The summed E-state index contributed by atoms with van der Waals surface area (Å²) in [7, 11) is 0. The minimum atomic E-state index is -0.0440. The average Bonchev–Trinajstić information content (AvgIpc) is 3.36. The summed E-state index contributed by atoms with van der Waals surface area (Å²) < 4.78 is 1.98. The molecule has 30 heavy (non-hydrogen) atoms. The molecular weight excluding hydrogens is 392 g/mol. The zero-order chi connectivity index (χ0) is 20.7. The lowest BCUT2D eigenvalue weighted by Crippen LogP contribution is -2.14. The van der Waals surface area contributed by atoms with Crippen LogP contribution in [0.5, 0.6) is 0 Å². The van der Waals surface area contributed by atoms with E-state index in [0.29, 0.717) is 11.2 Å². The molecule has 0 aliphatic heterocycles. The molecule has 1 N–H and O–H groups in total. The minimum Gasteiger partial charge on any atom is -0.325 e. The summed E-state index contributed by atoms with van der Waals surface area (Å²) in [5, 5.41) is 13.5. The van der Waals surface area contributed by atoms with Gasteiger partial charge in [0.05, 0.1) is 27.4 Å². The number of pyridine rings is 1. The largest absolute Gasteiger partial charge is 0.325 e. The minimum absolute atomic E-state index is 0.0440. The van der Waals surface area contributed by atoms with E-state index in [1.165, 1.54) is 29.3 Å². The molecule has 0 unspecified atom stereocenters. The van der Waals surface area contributed by atoms with E-state index in [1.54, 1.807) is 0 Å². The molecule has 2 aromatic heterocycles. The second kappa shape index (κ2) is 7.51. The SMILES string of the molecule is Cc1cc(SCC(=O)Nc2ccc3c(c2)CCC3)n2c(nc3ccccc32)c1C#N. The fourth-order valence-corrected chi connectivity index (χ4v) is 5.07. The predicted octanol–water partition coefficient (Wildman–Crippen LogP) is 4.89. The van der Waals surface area contributed by atoms with Crippen molar-refractivity contribution in [3.05, 3.63) is 70.8 Å². The molecule has 0 fully saturated rings. The zero-order valence-corrected chi connectivity index (χ0v) is 17.4. The van der Waals surface area contributed by atoms with Crippen molar-refractivity contribution in [1.82, 2.24) is 9.38 Å². The number of imidazole rings is 1. The quantitative estimate of drug-likeness (QED) is 0.485. The number of carbonyl (C=O) groups excluding carboxylic acids is 1. The number of thioether (sulfide) groups is 1. The molecule has 1 aliphatic rings. The van der Waals surface area contributed by atoms with Crippen molar-refractivity contribution in [3.8, 4) is 6.07 Å². The molecule has 0 radical (unpaired) electrons. The molecular formula is C24H20N4OS. The van der Waals surface area contributed by atoms with E-state index in [4.69, 9.17) is 0 Å². The number of nitriles is 1. The standard InChI is InChI=1S/C24H20N4OS/c1-15-11-23(28-21-8-3-2-7-20(21)27-24(28)19(15)13-25)30-14-22(29)26-18-10-9-16-5-4-6-17(16)12-18/h2-3,7-12H,4-6,14H2,1H3,(H,26,29). The first-order chi connectivity index (χ1) is 14.6.